The van der Waals surface area contributed by atoms with E-state index in [0.717, 1.165) is 12.8 Å². The van der Waals surface area contributed by atoms with Crippen molar-refractivity contribution in [2.45, 2.75) is 39.7 Å². The molecule has 0 aromatic rings. The minimum atomic E-state index is -0.125. The molecule has 3 N–H and O–H groups in total. The van der Waals surface area contributed by atoms with Crippen LogP contribution in [0.5, 0.6) is 0 Å². The van der Waals surface area contributed by atoms with Gasteiger partial charge in [0, 0.05) is 0 Å². The highest BCUT2D eigenvalue weighted by Crippen LogP contribution is 2.12. The predicted octanol–water partition coefficient (Wildman–Crippen LogP) is 0.791. The summed E-state index contributed by atoms with van der Waals surface area (Å²) < 4.78 is 5.44. The van der Waals surface area contributed by atoms with E-state index in [1.807, 2.05) is 0 Å². The van der Waals surface area contributed by atoms with Crippen molar-refractivity contribution in [2.75, 3.05) is 26.4 Å². The van der Waals surface area contributed by atoms with Gasteiger partial charge in [0.2, 0.25) is 0 Å². The third-order valence-electron chi connectivity index (χ3n) is 1.84. The van der Waals surface area contributed by atoms with Gasteiger partial charge < -0.3 is 20.1 Å². The first-order valence-electron chi connectivity index (χ1n) is 5.58. The van der Waals surface area contributed by atoms with Crippen molar-refractivity contribution in [2.24, 2.45) is 5.92 Å². The number of hydrogen-bond donors (Lipinski definition) is 3. The molecule has 0 saturated carbocycles. The Morgan fingerprint density at radius 2 is 1.53 bits per heavy atom. The van der Waals surface area contributed by atoms with Gasteiger partial charge in [-0.3, -0.25) is 0 Å². The van der Waals surface area contributed by atoms with Crippen molar-refractivity contribution in [3.8, 4) is 0 Å². The maximum Gasteiger partial charge on any atom is 0.0701 e. The maximum atomic E-state index is 8.54. The van der Waals surface area contributed by atoms with Crippen LogP contribution in [0.4, 0.5) is 0 Å². The maximum absolute atomic E-state index is 8.54. The van der Waals surface area contributed by atoms with Gasteiger partial charge in [0.05, 0.1) is 32.5 Å². The molecule has 0 aliphatic rings. The fourth-order valence-corrected chi connectivity index (χ4v) is 1.10. The summed E-state index contributed by atoms with van der Waals surface area (Å²) in [6.45, 7) is 6.81. The lowest BCUT2D eigenvalue weighted by Crippen LogP contribution is -2.21. The molecule has 1 atom stereocenters. The molecule has 0 aliphatic carbocycles. The molecule has 0 aliphatic heterocycles. The van der Waals surface area contributed by atoms with E-state index >= 15 is 0 Å². The van der Waals surface area contributed by atoms with Crippen LogP contribution < -0.4 is 0 Å². The van der Waals surface area contributed by atoms with Gasteiger partial charge in [0.15, 0.2) is 0 Å². The van der Waals surface area contributed by atoms with E-state index in [1.165, 1.54) is 0 Å². The average Bonchev–Trinajstić information content (AvgIpc) is 2.24. The highest BCUT2D eigenvalue weighted by Gasteiger charge is 2.11. The lowest BCUT2D eigenvalue weighted by Gasteiger charge is -2.20. The molecule has 0 bridgehead atoms. The second kappa shape index (κ2) is 13.8. The Labute approximate surface area is 92.9 Å². The zero-order chi connectivity index (χ0) is 12.1. The molecule has 0 spiro atoms. The molecule has 4 heteroatoms. The van der Waals surface area contributed by atoms with Crippen LogP contribution in [0.1, 0.15) is 33.6 Å². The number of ether oxygens (including phenoxy) is 1. The average molecular weight is 222 g/mol. The van der Waals surface area contributed by atoms with Crippen molar-refractivity contribution >= 4 is 0 Å². The number of rotatable bonds is 7. The molecule has 15 heavy (non-hydrogen) atoms. The van der Waals surface area contributed by atoms with Crippen LogP contribution in [-0.2, 0) is 4.74 Å². The molecule has 0 radical (unpaired) electrons. The first-order chi connectivity index (χ1) is 7.13. The molecule has 0 rings (SSSR count). The zero-order valence-electron chi connectivity index (χ0n) is 10.1. The molecular weight excluding hydrogens is 196 g/mol. The van der Waals surface area contributed by atoms with Gasteiger partial charge in [0.25, 0.3) is 0 Å². The molecule has 0 heterocycles. The minimum Gasteiger partial charge on any atom is -0.394 e. The minimum absolute atomic E-state index is 0.125. The summed E-state index contributed by atoms with van der Waals surface area (Å²) in [5.41, 5.74) is 0. The quantitative estimate of drug-likeness (QED) is 0.595. The fourth-order valence-electron chi connectivity index (χ4n) is 1.10. The van der Waals surface area contributed by atoms with Gasteiger partial charge in [-0.1, -0.05) is 27.2 Å². The molecular formula is C11H26O4. The first kappa shape index (κ1) is 17.2. The van der Waals surface area contributed by atoms with Crippen molar-refractivity contribution in [3.63, 3.8) is 0 Å². The van der Waals surface area contributed by atoms with Crippen molar-refractivity contribution in [1.29, 1.82) is 0 Å². The van der Waals surface area contributed by atoms with Gasteiger partial charge in [-0.2, -0.15) is 0 Å². The molecule has 1 unspecified atom stereocenters. The van der Waals surface area contributed by atoms with Crippen LogP contribution in [0.15, 0.2) is 0 Å². The van der Waals surface area contributed by atoms with E-state index in [9.17, 15) is 0 Å². The zero-order valence-corrected chi connectivity index (χ0v) is 10.1. The van der Waals surface area contributed by atoms with Crippen molar-refractivity contribution in [3.05, 3.63) is 0 Å². The molecule has 0 amide bonds. The molecule has 4 nitrogen and oxygen atoms in total. The highest BCUT2D eigenvalue weighted by molar-refractivity contribution is 4.61. The van der Waals surface area contributed by atoms with Gasteiger partial charge in [-0.05, 0) is 12.3 Å². The van der Waals surface area contributed by atoms with E-state index < -0.39 is 0 Å². The monoisotopic (exact) mass is 222 g/mol. The number of aliphatic hydroxyl groups is 3. The van der Waals surface area contributed by atoms with Crippen LogP contribution in [0, 0.1) is 5.92 Å². The van der Waals surface area contributed by atoms with Crippen molar-refractivity contribution < 1.29 is 20.1 Å². The SMILES string of the molecule is CCCC(OCCO)C(C)C.OCCO. The number of hydrogen-bond acceptors (Lipinski definition) is 4. The van der Waals surface area contributed by atoms with Gasteiger partial charge in [0.1, 0.15) is 0 Å². The largest absolute Gasteiger partial charge is 0.394 e. The third kappa shape index (κ3) is 13.8. The van der Waals surface area contributed by atoms with Crippen LogP contribution in [0.3, 0.4) is 0 Å². The Morgan fingerprint density at radius 3 is 1.80 bits per heavy atom. The summed E-state index contributed by atoms with van der Waals surface area (Å²) >= 11 is 0. The number of aliphatic hydroxyl groups excluding tert-OH is 3. The molecule has 0 fully saturated rings. The normalized spacial score (nSPS) is 12.2. The third-order valence-corrected chi connectivity index (χ3v) is 1.84. The van der Waals surface area contributed by atoms with E-state index in [-0.39, 0.29) is 19.8 Å². The van der Waals surface area contributed by atoms with Crippen LogP contribution in [-0.4, -0.2) is 47.9 Å². The Bertz CT molecular complexity index is 105. The summed E-state index contributed by atoms with van der Waals surface area (Å²) in [5, 5.41) is 23.8. The predicted molar refractivity (Wildman–Crippen MR) is 60.7 cm³/mol. The van der Waals surface area contributed by atoms with E-state index in [0.29, 0.717) is 18.6 Å². The summed E-state index contributed by atoms with van der Waals surface area (Å²) in [5.74, 6) is 0.557. The smallest absolute Gasteiger partial charge is 0.0701 e. The highest BCUT2D eigenvalue weighted by atomic mass is 16.5. The summed E-state index contributed by atoms with van der Waals surface area (Å²) in [4.78, 5) is 0. The Hall–Kier alpha value is -0.160. The van der Waals surface area contributed by atoms with Crippen LogP contribution in [0.25, 0.3) is 0 Å². The van der Waals surface area contributed by atoms with Crippen LogP contribution in [0.2, 0.25) is 0 Å². The fraction of sp³-hybridized carbons (Fsp3) is 1.00. The molecule has 0 aromatic carbocycles. The lowest BCUT2D eigenvalue weighted by atomic mass is 10.0. The molecule has 94 valence electrons. The van der Waals surface area contributed by atoms with E-state index in [2.05, 4.69) is 20.8 Å². The summed E-state index contributed by atoms with van der Waals surface area (Å²) in [7, 11) is 0. The van der Waals surface area contributed by atoms with Crippen molar-refractivity contribution in [1.82, 2.24) is 0 Å². The Morgan fingerprint density at radius 1 is 1.00 bits per heavy atom. The lowest BCUT2D eigenvalue weighted by molar-refractivity contribution is -0.00177. The Kier molecular flexibility index (Phi) is 15.9. The van der Waals surface area contributed by atoms with Gasteiger partial charge in [-0.15, -0.1) is 0 Å². The summed E-state index contributed by atoms with van der Waals surface area (Å²) in [6, 6.07) is 0. The van der Waals surface area contributed by atoms with Crippen LogP contribution >= 0.6 is 0 Å². The van der Waals surface area contributed by atoms with E-state index in [4.69, 9.17) is 20.1 Å². The van der Waals surface area contributed by atoms with Gasteiger partial charge in [-0.25, -0.2) is 0 Å². The topological polar surface area (TPSA) is 69.9 Å². The van der Waals surface area contributed by atoms with E-state index in [1.54, 1.807) is 0 Å². The summed E-state index contributed by atoms with van der Waals surface area (Å²) in [6.07, 6.45) is 2.57. The second-order valence-corrected chi connectivity index (χ2v) is 3.61. The first-order valence-corrected chi connectivity index (χ1v) is 5.58. The Balaban J connectivity index is 0. The molecule has 0 aromatic heterocycles. The second-order valence-electron chi connectivity index (χ2n) is 3.61. The standard InChI is InChI=1S/C9H20O2.C2H6O2/c1-4-5-9(8(2)3)11-7-6-10;3-1-2-4/h8-10H,4-7H2,1-3H3;3-4H,1-2H2. The molecule has 0 saturated heterocycles. The van der Waals surface area contributed by atoms with Gasteiger partial charge >= 0.3 is 0 Å².